The van der Waals surface area contributed by atoms with Crippen LogP contribution in [0.3, 0.4) is 0 Å². The molecule has 8 heteroatoms. The Balaban J connectivity index is 1.40. The standard InChI is InChI=1S/C23H22FN5OS/c1-14-25-11-21(31-14)15-5-7-18(24)17(10-15)23(30)26-16-6-8-22-27-19(13-29(22)12-16)20-4-3-9-28(20)2/h5-8,10-13,20H,3-4,9H2,1-2H3,(H,26,30)/t20-/m1/s1. The Kier molecular flexibility index (Phi) is 5.03. The zero-order valence-electron chi connectivity index (χ0n) is 17.3. The second-order valence-electron chi connectivity index (χ2n) is 7.88. The Labute approximate surface area is 183 Å². The Hall–Kier alpha value is -3.10. The van der Waals surface area contributed by atoms with E-state index < -0.39 is 11.7 Å². The number of hydrogen-bond donors (Lipinski definition) is 1. The quantitative estimate of drug-likeness (QED) is 0.494. The molecule has 3 aromatic heterocycles. The van der Waals surface area contributed by atoms with Crippen LogP contribution in [0.25, 0.3) is 16.1 Å². The summed E-state index contributed by atoms with van der Waals surface area (Å²) in [4.78, 5) is 25.0. The molecule has 1 amide bonds. The third-order valence-electron chi connectivity index (χ3n) is 5.71. The fourth-order valence-electron chi connectivity index (χ4n) is 4.08. The molecule has 0 unspecified atom stereocenters. The molecule has 4 aromatic rings. The van der Waals surface area contributed by atoms with Crippen LogP contribution in [0.4, 0.5) is 10.1 Å². The average Bonchev–Trinajstić information content (AvgIpc) is 3.47. The van der Waals surface area contributed by atoms with Crippen molar-refractivity contribution >= 4 is 28.6 Å². The Morgan fingerprint density at radius 3 is 2.87 bits per heavy atom. The first-order valence-corrected chi connectivity index (χ1v) is 11.0. The largest absolute Gasteiger partial charge is 0.321 e. The van der Waals surface area contributed by atoms with Crippen LogP contribution in [-0.2, 0) is 0 Å². The van der Waals surface area contributed by atoms with Gasteiger partial charge in [0, 0.05) is 18.6 Å². The van der Waals surface area contributed by atoms with Crippen molar-refractivity contribution in [3.63, 3.8) is 0 Å². The van der Waals surface area contributed by atoms with Crippen LogP contribution in [0, 0.1) is 12.7 Å². The predicted octanol–water partition coefficient (Wildman–Crippen LogP) is 4.92. The molecule has 4 heterocycles. The fraction of sp³-hybridized carbons (Fsp3) is 0.261. The molecule has 0 spiro atoms. The number of carbonyl (C=O) groups excluding carboxylic acids is 1. The summed E-state index contributed by atoms with van der Waals surface area (Å²) in [7, 11) is 2.11. The van der Waals surface area contributed by atoms with Gasteiger partial charge in [0.2, 0.25) is 0 Å². The number of halogens is 1. The number of hydrogen-bond acceptors (Lipinski definition) is 5. The van der Waals surface area contributed by atoms with Gasteiger partial charge < -0.3 is 9.72 Å². The minimum absolute atomic E-state index is 0.00236. The first kappa shape index (κ1) is 19.8. The van der Waals surface area contributed by atoms with E-state index in [1.807, 2.05) is 29.8 Å². The minimum Gasteiger partial charge on any atom is -0.321 e. The highest BCUT2D eigenvalue weighted by Crippen LogP contribution is 2.30. The summed E-state index contributed by atoms with van der Waals surface area (Å²) in [5.41, 5.74) is 3.21. The molecule has 0 saturated carbocycles. The van der Waals surface area contributed by atoms with Gasteiger partial charge in [-0.2, -0.15) is 0 Å². The molecule has 0 radical (unpaired) electrons. The molecule has 0 aliphatic carbocycles. The van der Waals surface area contributed by atoms with E-state index in [-0.39, 0.29) is 5.56 Å². The molecule has 1 N–H and O–H groups in total. The molecular formula is C23H22FN5OS. The summed E-state index contributed by atoms with van der Waals surface area (Å²) in [6.45, 7) is 2.99. The summed E-state index contributed by atoms with van der Waals surface area (Å²) >= 11 is 1.51. The van der Waals surface area contributed by atoms with Crippen molar-refractivity contribution in [2.75, 3.05) is 18.9 Å². The van der Waals surface area contributed by atoms with Crippen molar-refractivity contribution in [2.24, 2.45) is 0 Å². The van der Waals surface area contributed by atoms with E-state index in [9.17, 15) is 9.18 Å². The lowest BCUT2D eigenvalue weighted by molar-refractivity contribution is 0.102. The topological polar surface area (TPSA) is 62.5 Å². The number of carbonyl (C=O) groups is 1. The SMILES string of the molecule is Cc1ncc(-c2ccc(F)c(C(=O)Nc3ccc4nc([C@H]5CCCN5C)cn4c3)c2)s1. The highest BCUT2D eigenvalue weighted by atomic mass is 32.1. The van der Waals surface area contributed by atoms with Gasteiger partial charge in [-0.25, -0.2) is 14.4 Å². The van der Waals surface area contributed by atoms with Crippen LogP contribution >= 0.6 is 11.3 Å². The number of rotatable bonds is 4. The van der Waals surface area contributed by atoms with Crippen molar-refractivity contribution < 1.29 is 9.18 Å². The Bertz CT molecular complexity index is 1280. The Morgan fingerprint density at radius 2 is 2.13 bits per heavy atom. The van der Waals surface area contributed by atoms with E-state index in [1.54, 1.807) is 24.4 Å². The highest BCUT2D eigenvalue weighted by Gasteiger charge is 2.25. The van der Waals surface area contributed by atoms with E-state index >= 15 is 0 Å². The number of fused-ring (bicyclic) bond motifs is 1. The van der Waals surface area contributed by atoms with Gasteiger partial charge in [0.05, 0.1) is 32.9 Å². The van der Waals surface area contributed by atoms with Crippen LogP contribution in [0.5, 0.6) is 0 Å². The summed E-state index contributed by atoms with van der Waals surface area (Å²) in [5, 5.41) is 3.73. The number of aryl methyl sites for hydroxylation is 1. The summed E-state index contributed by atoms with van der Waals surface area (Å²) in [6, 6.07) is 8.53. The highest BCUT2D eigenvalue weighted by molar-refractivity contribution is 7.15. The van der Waals surface area contributed by atoms with Gasteiger partial charge in [-0.1, -0.05) is 6.07 Å². The molecule has 1 aromatic carbocycles. The van der Waals surface area contributed by atoms with Crippen molar-refractivity contribution in [1.29, 1.82) is 0 Å². The zero-order valence-corrected chi connectivity index (χ0v) is 18.1. The lowest BCUT2D eigenvalue weighted by Gasteiger charge is -2.16. The third-order valence-corrected chi connectivity index (χ3v) is 6.67. The summed E-state index contributed by atoms with van der Waals surface area (Å²) in [5.74, 6) is -1.05. The van der Waals surface area contributed by atoms with E-state index in [2.05, 4.69) is 22.2 Å². The number of amides is 1. The van der Waals surface area contributed by atoms with E-state index in [1.165, 1.54) is 23.8 Å². The first-order chi connectivity index (χ1) is 15.0. The molecule has 1 saturated heterocycles. The third kappa shape index (κ3) is 3.84. The van der Waals surface area contributed by atoms with Crippen molar-refractivity contribution in [3.8, 4) is 10.4 Å². The van der Waals surface area contributed by atoms with Crippen LogP contribution in [0.15, 0.2) is 48.9 Å². The van der Waals surface area contributed by atoms with Crippen LogP contribution in [0.2, 0.25) is 0 Å². The number of benzene rings is 1. The number of likely N-dealkylation sites (tertiary alicyclic amines) is 1. The number of anilines is 1. The second-order valence-corrected chi connectivity index (χ2v) is 9.11. The Morgan fingerprint density at radius 1 is 1.26 bits per heavy atom. The van der Waals surface area contributed by atoms with Gasteiger partial charge in [-0.15, -0.1) is 11.3 Å². The molecule has 6 nitrogen and oxygen atoms in total. The van der Waals surface area contributed by atoms with Crippen LogP contribution < -0.4 is 5.32 Å². The molecule has 158 valence electrons. The van der Waals surface area contributed by atoms with Gasteiger partial charge >= 0.3 is 0 Å². The lowest BCUT2D eigenvalue weighted by atomic mass is 10.1. The smallest absolute Gasteiger partial charge is 0.258 e. The summed E-state index contributed by atoms with van der Waals surface area (Å²) < 4.78 is 16.3. The molecular weight excluding hydrogens is 413 g/mol. The number of aromatic nitrogens is 3. The van der Waals surface area contributed by atoms with E-state index in [0.717, 1.165) is 39.8 Å². The monoisotopic (exact) mass is 435 g/mol. The second kappa shape index (κ2) is 7.86. The molecule has 1 fully saturated rings. The van der Waals surface area contributed by atoms with Crippen LogP contribution in [-0.4, -0.2) is 38.8 Å². The number of nitrogens with zero attached hydrogens (tertiary/aromatic N) is 4. The van der Waals surface area contributed by atoms with Crippen molar-refractivity contribution in [3.05, 3.63) is 71.0 Å². The van der Waals surface area contributed by atoms with Crippen LogP contribution in [0.1, 0.15) is 39.9 Å². The van der Waals surface area contributed by atoms with E-state index in [4.69, 9.17) is 4.98 Å². The molecule has 5 rings (SSSR count). The maximum atomic E-state index is 14.4. The van der Waals surface area contributed by atoms with Gasteiger partial charge in [0.1, 0.15) is 11.5 Å². The van der Waals surface area contributed by atoms with Gasteiger partial charge in [0.15, 0.2) is 0 Å². The van der Waals surface area contributed by atoms with E-state index in [0.29, 0.717) is 11.7 Å². The maximum absolute atomic E-state index is 14.4. The first-order valence-electron chi connectivity index (χ1n) is 10.2. The average molecular weight is 436 g/mol. The predicted molar refractivity (Wildman–Crippen MR) is 120 cm³/mol. The van der Waals surface area contributed by atoms with Gasteiger partial charge in [0.25, 0.3) is 5.91 Å². The number of pyridine rings is 1. The molecule has 1 aliphatic rings. The van der Waals surface area contributed by atoms with Gasteiger partial charge in [-0.05, 0) is 63.2 Å². The maximum Gasteiger partial charge on any atom is 0.258 e. The normalized spacial score (nSPS) is 16.8. The number of imidazole rings is 1. The summed E-state index contributed by atoms with van der Waals surface area (Å²) in [6.07, 6.45) is 7.82. The molecule has 1 atom stereocenters. The zero-order chi connectivity index (χ0) is 21.5. The molecule has 1 aliphatic heterocycles. The lowest BCUT2D eigenvalue weighted by Crippen LogP contribution is -2.17. The molecule has 31 heavy (non-hydrogen) atoms. The van der Waals surface area contributed by atoms with Gasteiger partial charge in [-0.3, -0.25) is 9.69 Å². The minimum atomic E-state index is -0.558. The molecule has 0 bridgehead atoms. The van der Waals surface area contributed by atoms with Crippen molar-refractivity contribution in [1.82, 2.24) is 19.3 Å². The number of nitrogens with one attached hydrogen (secondary N) is 1. The number of thiazole rings is 1. The van der Waals surface area contributed by atoms with Crippen molar-refractivity contribution in [2.45, 2.75) is 25.8 Å². The fourth-order valence-corrected chi connectivity index (χ4v) is 4.85.